The zero-order valence-corrected chi connectivity index (χ0v) is 15.1. The molecule has 5 heteroatoms. The van der Waals surface area contributed by atoms with Crippen LogP contribution in [0, 0.1) is 17.5 Å². The second-order valence-electron chi connectivity index (χ2n) is 6.78. The molecular formula is C24H15F3O2. The van der Waals surface area contributed by atoms with Crippen LogP contribution in [-0.2, 0) is 4.79 Å². The van der Waals surface area contributed by atoms with Crippen molar-refractivity contribution in [3.05, 3.63) is 101 Å². The molecule has 0 unspecified atom stereocenters. The molecule has 0 bridgehead atoms. The Morgan fingerprint density at radius 1 is 0.828 bits per heavy atom. The van der Waals surface area contributed by atoms with E-state index in [-0.39, 0.29) is 6.42 Å². The fourth-order valence-electron chi connectivity index (χ4n) is 3.47. The minimum Gasteiger partial charge on any atom is -0.481 e. The van der Waals surface area contributed by atoms with Crippen molar-refractivity contribution in [2.75, 3.05) is 0 Å². The lowest BCUT2D eigenvalue weighted by molar-refractivity contribution is -0.135. The maximum Gasteiger partial charge on any atom is 0.307 e. The summed E-state index contributed by atoms with van der Waals surface area (Å²) in [6, 6.07) is 14.8. The van der Waals surface area contributed by atoms with E-state index in [1.54, 1.807) is 36.4 Å². The van der Waals surface area contributed by atoms with Crippen molar-refractivity contribution in [1.29, 1.82) is 0 Å². The molecule has 1 N–H and O–H groups in total. The molecule has 0 aromatic heterocycles. The maximum absolute atomic E-state index is 14.0. The highest BCUT2D eigenvalue weighted by molar-refractivity contribution is 6.04. The molecule has 2 nitrogen and oxygen atoms in total. The third-order valence-electron chi connectivity index (χ3n) is 4.78. The molecule has 0 saturated heterocycles. The second-order valence-corrected chi connectivity index (χ2v) is 6.78. The van der Waals surface area contributed by atoms with E-state index in [1.807, 2.05) is 6.08 Å². The fourth-order valence-corrected chi connectivity index (χ4v) is 3.47. The van der Waals surface area contributed by atoms with Crippen LogP contribution in [0.3, 0.4) is 0 Å². The van der Waals surface area contributed by atoms with Crippen LogP contribution in [-0.4, -0.2) is 11.1 Å². The Bertz CT molecular complexity index is 1180. The molecule has 4 rings (SSSR count). The Morgan fingerprint density at radius 2 is 1.48 bits per heavy atom. The van der Waals surface area contributed by atoms with Gasteiger partial charge in [0.2, 0.25) is 0 Å². The molecule has 3 aromatic rings. The van der Waals surface area contributed by atoms with E-state index in [0.717, 1.165) is 22.8 Å². The van der Waals surface area contributed by atoms with E-state index in [0.29, 0.717) is 22.3 Å². The van der Waals surface area contributed by atoms with Crippen LogP contribution < -0.4 is 0 Å². The lowest BCUT2D eigenvalue weighted by atomic mass is 10.00. The van der Waals surface area contributed by atoms with E-state index in [9.17, 15) is 18.0 Å². The van der Waals surface area contributed by atoms with Crippen molar-refractivity contribution < 1.29 is 23.1 Å². The molecule has 1 aliphatic carbocycles. The minimum atomic E-state index is -0.988. The number of carboxylic acids is 1. The summed E-state index contributed by atoms with van der Waals surface area (Å²) in [4.78, 5) is 11.1. The second kappa shape index (κ2) is 7.43. The Morgan fingerprint density at radius 3 is 2.14 bits per heavy atom. The van der Waals surface area contributed by atoms with Crippen molar-refractivity contribution in [2.24, 2.45) is 0 Å². The third kappa shape index (κ3) is 3.85. The van der Waals surface area contributed by atoms with Gasteiger partial charge in [0.1, 0.15) is 17.5 Å². The smallest absolute Gasteiger partial charge is 0.307 e. The number of fused-ring (bicyclic) bond motifs is 1. The van der Waals surface area contributed by atoms with Crippen LogP contribution >= 0.6 is 0 Å². The monoisotopic (exact) mass is 392 g/mol. The standard InChI is InChI=1S/C24H15F3O2/c25-18-5-7-20-16(10-17(11-24(28)29)22(20)12-18)9-14-1-3-15(4-2-14)21-8-6-19(26)13-23(21)27/h1-10,12-13H,11H2,(H,28,29)/b16-9+. The van der Waals surface area contributed by atoms with Crippen LogP contribution in [0.15, 0.2) is 66.7 Å². The summed E-state index contributed by atoms with van der Waals surface area (Å²) in [6.45, 7) is 0. The van der Waals surface area contributed by atoms with E-state index >= 15 is 0 Å². The van der Waals surface area contributed by atoms with Gasteiger partial charge in [-0.25, -0.2) is 13.2 Å². The van der Waals surface area contributed by atoms with E-state index in [1.165, 1.54) is 24.3 Å². The van der Waals surface area contributed by atoms with Crippen molar-refractivity contribution in [1.82, 2.24) is 0 Å². The van der Waals surface area contributed by atoms with E-state index < -0.39 is 23.4 Å². The first-order chi connectivity index (χ1) is 13.9. The average Bonchev–Trinajstić information content (AvgIpc) is 2.98. The van der Waals surface area contributed by atoms with Crippen LogP contribution in [0.25, 0.3) is 28.3 Å². The van der Waals surface area contributed by atoms with Gasteiger partial charge in [-0.3, -0.25) is 4.79 Å². The maximum atomic E-state index is 14.0. The highest BCUT2D eigenvalue weighted by atomic mass is 19.1. The molecule has 0 spiro atoms. The summed E-state index contributed by atoms with van der Waals surface area (Å²) in [6.07, 6.45) is 3.40. The molecule has 0 saturated carbocycles. The first-order valence-electron chi connectivity index (χ1n) is 8.90. The van der Waals surface area contributed by atoms with Crippen LogP contribution in [0.4, 0.5) is 13.2 Å². The van der Waals surface area contributed by atoms with Crippen LogP contribution in [0.2, 0.25) is 0 Å². The summed E-state index contributed by atoms with van der Waals surface area (Å²) >= 11 is 0. The Balaban J connectivity index is 1.69. The van der Waals surface area contributed by atoms with E-state index in [4.69, 9.17) is 5.11 Å². The first kappa shape index (κ1) is 18.7. The van der Waals surface area contributed by atoms with Gasteiger partial charge in [0.15, 0.2) is 0 Å². The fraction of sp³-hybridized carbons (Fsp3) is 0.0417. The summed E-state index contributed by atoms with van der Waals surface area (Å²) in [5, 5.41) is 9.11. The molecule has 0 amide bonds. The average molecular weight is 392 g/mol. The molecule has 0 aliphatic heterocycles. The number of benzene rings is 3. The van der Waals surface area contributed by atoms with Gasteiger partial charge in [0.25, 0.3) is 0 Å². The normalized spacial score (nSPS) is 14.0. The SMILES string of the molecule is O=C(O)CC1=C/C(=C\c2ccc(-c3ccc(F)cc3F)cc2)c2ccc(F)cc21. The number of carbonyl (C=O) groups is 1. The van der Waals surface area contributed by atoms with Gasteiger partial charge in [-0.05, 0) is 69.8 Å². The van der Waals surface area contributed by atoms with Crippen LogP contribution in [0.5, 0.6) is 0 Å². The van der Waals surface area contributed by atoms with Crippen LogP contribution in [0.1, 0.15) is 23.1 Å². The Labute approximate surface area is 165 Å². The zero-order valence-electron chi connectivity index (χ0n) is 15.1. The van der Waals surface area contributed by atoms with Crippen molar-refractivity contribution in [3.8, 4) is 11.1 Å². The lowest BCUT2D eigenvalue weighted by Gasteiger charge is -2.06. The van der Waals surface area contributed by atoms with Gasteiger partial charge in [0, 0.05) is 11.6 Å². The summed E-state index contributed by atoms with van der Waals surface area (Å²) in [5.74, 6) is -2.68. The van der Waals surface area contributed by atoms with Gasteiger partial charge >= 0.3 is 5.97 Å². The van der Waals surface area contributed by atoms with Gasteiger partial charge < -0.3 is 5.11 Å². The summed E-state index contributed by atoms with van der Waals surface area (Å²) < 4.78 is 40.7. The molecular weight excluding hydrogens is 377 g/mol. The van der Waals surface area contributed by atoms with Crippen molar-refractivity contribution in [3.63, 3.8) is 0 Å². The van der Waals surface area contributed by atoms with Gasteiger partial charge in [-0.1, -0.05) is 30.3 Å². The quantitative estimate of drug-likeness (QED) is 0.575. The number of allylic oxidation sites excluding steroid dienone is 2. The number of hydrogen-bond acceptors (Lipinski definition) is 1. The predicted octanol–water partition coefficient (Wildman–Crippen LogP) is 6.18. The first-order valence-corrected chi connectivity index (χ1v) is 8.90. The number of halogens is 3. The van der Waals surface area contributed by atoms with Gasteiger partial charge in [-0.15, -0.1) is 0 Å². The molecule has 1 aliphatic rings. The predicted molar refractivity (Wildman–Crippen MR) is 106 cm³/mol. The van der Waals surface area contributed by atoms with Crippen molar-refractivity contribution in [2.45, 2.75) is 6.42 Å². The number of aliphatic carboxylic acids is 1. The van der Waals surface area contributed by atoms with Crippen molar-refractivity contribution >= 4 is 23.2 Å². The van der Waals surface area contributed by atoms with E-state index in [2.05, 4.69) is 0 Å². The molecule has 0 fully saturated rings. The van der Waals surface area contributed by atoms with Gasteiger partial charge in [0.05, 0.1) is 6.42 Å². The third-order valence-corrected chi connectivity index (χ3v) is 4.78. The number of carboxylic acid groups (broad SMARTS) is 1. The molecule has 0 heterocycles. The molecule has 144 valence electrons. The molecule has 0 radical (unpaired) electrons. The highest BCUT2D eigenvalue weighted by Gasteiger charge is 2.20. The largest absolute Gasteiger partial charge is 0.481 e. The minimum absolute atomic E-state index is 0.198. The Hall–Kier alpha value is -3.60. The summed E-state index contributed by atoms with van der Waals surface area (Å²) in [5.41, 5.74) is 4.38. The number of rotatable bonds is 4. The molecule has 0 atom stereocenters. The Kier molecular flexibility index (Phi) is 4.80. The molecule has 3 aromatic carbocycles. The lowest BCUT2D eigenvalue weighted by Crippen LogP contribution is -1.96. The molecule has 29 heavy (non-hydrogen) atoms. The topological polar surface area (TPSA) is 37.3 Å². The number of hydrogen-bond donors (Lipinski definition) is 1. The zero-order chi connectivity index (χ0) is 20.5. The van der Waals surface area contributed by atoms with Gasteiger partial charge in [-0.2, -0.15) is 0 Å². The highest BCUT2D eigenvalue weighted by Crippen LogP contribution is 2.38. The summed E-state index contributed by atoms with van der Waals surface area (Å²) in [7, 11) is 0.